The van der Waals surface area contributed by atoms with E-state index in [1.165, 1.54) is 18.2 Å². The molecule has 0 aromatic heterocycles. The minimum Gasteiger partial charge on any atom is -0.367 e. The summed E-state index contributed by atoms with van der Waals surface area (Å²) in [5.74, 6) is -0.221. The summed E-state index contributed by atoms with van der Waals surface area (Å²) in [6, 6.07) is 12.9. The Morgan fingerprint density at radius 1 is 1.19 bits per heavy atom. The molecular weight excluding hydrogens is 341 g/mol. The molecule has 0 fully saturated rings. The highest BCUT2D eigenvalue weighted by atomic mass is 19.4. The Labute approximate surface area is 150 Å². The Bertz CT molecular complexity index is 799. The van der Waals surface area contributed by atoms with E-state index >= 15 is 0 Å². The Morgan fingerprint density at radius 2 is 1.88 bits per heavy atom. The van der Waals surface area contributed by atoms with Crippen LogP contribution in [0.1, 0.15) is 29.2 Å². The molecule has 1 unspecified atom stereocenters. The predicted octanol–water partition coefficient (Wildman–Crippen LogP) is 4.46. The molecular formula is C20H19F3N2O. The third-order valence-electron chi connectivity index (χ3n) is 4.50. The van der Waals surface area contributed by atoms with E-state index < -0.39 is 11.7 Å². The summed E-state index contributed by atoms with van der Waals surface area (Å²) in [5, 5.41) is 2.92. The summed E-state index contributed by atoms with van der Waals surface area (Å²) in [6.45, 7) is 4.68. The van der Waals surface area contributed by atoms with E-state index in [2.05, 4.69) is 16.8 Å². The monoisotopic (exact) mass is 360 g/mol. The fraction of sp³-hybridized carbons (Fsp3) is 0.250. The molecule has 1 aliphatic rings. The molecule has 3 nitrogen and oxygen atoms in total. The number of benzene rings is 2. The molecule has 136 valence electrons. The van der Waals surface area contributed by atoms with Crippen molar-refractivity contribution in [2.24, 2.45) is 0 Å². The topological polar surface area (TPSA) is 32.3 Å². The SMILES string of the molecule is C=CC(=O)NC1CCN(Cc2ccc(C(F)(F)F)cc2)c2ccccc21. The number of halogens is 3. The number of nitrogens with zero attached hydrogens (tertiary/aromatic N) is 1. The molecule has 1 heterocycles. The van der Waals surface area contributed by atoms with Crippen molar-refractivity contribution in [2.75, 3.05) is 11.4 Å². The number of para-hydroxylation sites is 1. The molecule has 2 aromatic carbocycles. The van der Waals surface area contributed by atoms with Gasteiger partial charge in [-0.3, -0.25) is 4.79 Å². The van der Waals surface area contributed by atoms with Gasteiger partial charge in [-0.1, -0.05) is 36.9 Å². The number of alkyl halides is 3. The summed E-state index contributed by atoms with van der Waals surface area (Å²) in [6.07, 6.45) is -2.36. The molecule has 1 N–H and O–H groups in total. The number of anilines is 1. The molecule has 1 amide bonds. The van der Waals surface area contributed by atoms with Crippen LogP contribution in [0.25, 0.3) is 0 Å². The molecule has 26 heavy (non-hydrogen) atoms. The maximum absolute atomic E-state index is 12.7. The molecule has 1 aliphatic heterocycles. The molecule has 0 aliphatic carbocycles. The Balaban J connectivity index is 1.79. The normalized spacial score (nSPS) is 16.7. The van der Waals surface area contributed by atoms with E-state index in [4.69, 9.17) is 0 Å². The quantitative estimate of drug-likeness (QED) is 0.817. The fourth-order valence-electron chi connectivity index (χ4n) is 3.20. The highest BCUT2D eigenvalue weighted by molar-refractivity contribution is 5.87. The van der Waals surface area contributed by atoms with Gasteiger partial charge in [-0.05, 0) is 41.8 Å². The van der Waals surface area contributed by atoms with Gasteiger partial charge in [-0.15, -0.1) is 0 Å². The highest BCUT2D eigenvalue weighted by Crippen LogP contribution is 2.35. The second kappa shape index (κ2) is 7.23. The van der Waals surface area contributed by atoms with Crippen LogP contribution in [0.5, 0.6) is 0 Å². The highest BCUT2D eigenvalue weighted by Gasteiger charge is 2.30. The summed E-state index contributed by atoms with van der Waals surface area (Å²) < 4.78 is 38.1. The number of nitrogens with one attached hydrogen (secondary N) is 1. The third kappa shape index (κ3) is 3.90. The van der Waals surface area contributed by atoms with E-state index in [-0.39, 0.29) is 11.9 Å². The molecule has 2 aromatic rings. The molecule has 0 spiro atoms. The number of carbonyl (C=O) groups is 1. The Kier molecular flexibility index (Phi) is 5.02. The van der Waals surface area contributed by atoms with Gasteiger partial charge < -0.3 is 10.2 Å². The molecule has 0 radical (unpaired) electrons. The maximum Gasteiger partial charge on any atom is 0.416 e. The molecule has 1 atom stereocenters. The maximum atomic E-state index is 12.7. The van der Waals surface area contributed by atoms with Gasteiger partial charge in [0.1, 0.15) is 0 Å². The summed E-state index contributed by atoms with van der Waals surface area (Å²) in [7, 11) is 0. The Morgan fingerprint density at radius 3 is 2.54 bits per heavy atom. The predicted molar refractivity (Wildman–Crippen MR) is 94.6 cm³/mol. The van der Waals surface area contributed by atoms with Crippen molar-refractivity contribution in [1.29, 1.82) is 0 Å². The summed E-state index contributed by atoms with van der Waals surface area (Å²) in [5.41, 5.74) is 2.14. The molecule has 3 rings (SSSR count). The average molecular weight is 360 g/mol. The van der Waals surface area contributed by atoms with E-state index in [0.29, 0.717) is 13.1 Å². The molecule has 0 bridgehead atoms. The molecule has 0 saturated heterocycles. The van der Waals surface area contributed by atoms with Gasteiger partial charge in [0, 0.05) is 18.8 Å². The number of hydrogen-bond donors (Lipinski definition) is 1. The zero-order chi connectivity index (χ0) is 18.7. The number of rotatable bonds is 4. The lowest BCUT2D eigenvalue weighted by atomic mass is 9.95. The first kappa shape index (κ1) is 18.0. The van der Waals surface area contributed by atoms with Gasteiger partial charge in [0.05, 0.1) is 11.6 Å². The smallest absolute Gasteiger partial charge is 0.367 e. The second-order valence-corrected chi connectivity index (χ2v) is 6.23. The fourth-order valence-corrected chi connectivity index (χ4v) is 3.20. The Hall–Kier alpha value is -2.76. The van der Waals surface area contributed by atoms with Crippen LogP contribution in [0.4, 0.5) is 18.9 Å². The number of amides is 1. The van der Waals surface area contributed by atoms with Crippen molar-refractivity contribution < 1.29 is 18.0 Å². The van der Waals surface area contributed by atoms with E-state index in [1.54, 1.807) is 0 Å². The van der Waals surface area contributed by atoms with Crippen molar-refractivity contribution in [3.05, 3.63) is 77.9 Å². The number of carbonyl (C=O) groups excluding carboxylic acids is 1. The van der Waals surface area contributed by atoms with Crippen LogP contribution < -0.4 is 10.2 Å². The van der Waals surface area contributed by atoms with Crippen LogP contribution in [-0.2, 0) is 17.5 Å². The van der Waals surface area contributed by atoms with Crippen LogP contribution >= 0.6 is 0 Å². The number of hydrogen-bond acceptors (Lipinski definition) is 2. The lowest BCUT2D eigenvalue weighted by Crippen LogP contribution is -2.37. The van der Waals surface area contributed by atoms with Gasteiger partial charge in [-0.25, -0.2) is 0 Å². The standard InChI is InChI=1S/C20H19F3N2O/c1-2-19(26)24-17-11-12-25(18-6-4-3-5-16(17)18)13-14-7-9-15(10-8-14)20(21,22)23/h2-10,17H,1,11-13H2,(H,24,26). The van der Waals surface area contributed by atoms with Crippen LogP contribution in [0.2, 0.25) is 0 Å². The zero-order valence-electron chi connectivity index (χ0n) is 14.1. The third-order valence-corrected chi connectivity index (χ3v) is 4.50. The minimum atomic E-state index is -4.33. The van der Waals surface area contributed by atoms with E-state index in [0.717, 1.165) is 35.4 Å². The minimum absolute atomic E-state index is 0.0967. The van der Waals surface area contributed by atoms with Crippen molar-refractivity contribution in [1.82, 2.24) is 5.32 Å². The van der Waals surface area contributed by atoms with Crippen LogP contribution in [0.3, 0.4) is 0 Å². The van der Waals surface area contributed by atoms with Crippen molar-refractivity contribution in [3.63, 3.8) is 0 Å². The van der Waals surface area contributed by atoms with E-state index in [1.807, 2.05) is 24.3 Å². The van der Waals surface area contributed by atoms with Gasteiger partial charge in [0.15, 0.2) is 0 Å². The van der Waals surface area contributed by atoms with E-state index in [9.17, 15) is 18.0 Å². The van der Waals surface area contributed by atoms with Gasteiger partial charge >= 0.3 is 6.18 Å². The summed E-state index contributed by atoms with van der Waals surface area (Å²) in [4.78, 5) is 13.8. The van der Waals surface area contributed by atoms with Gasteiger partial charge in [0.2, 0.25) is 5.91 Å². The molecule has 0 saturated carbocycles. The second-order valence-electron chi connectivity index (χ2n) is 6.23. The van der Waals surface area contributed by atoms with Crippen molar-refractivity contribution >= 4 is 11.6 Å². The first-order chi connectivity index (χ1) is 12.4. The first-order valence-electron chi connectivity index (χ1n) is 8.31. The summed E-state index contributed by atoms with van der Waals surface area (Å²) >= 11 is 0. The van der Waals surface area contributed by atoms with Crippen molar-refractivity contribution in [2.45, 2.75) is 25.2 Å². The van der Waals surface area contributed by atoms with Crippen LogP contribution in [-0.4, -0.2) is 12.5 Å². The van der Waals surface area contributed by atoms with Crippen LogP contribution in [0, 0.1) is 0 Å². The average Bonchev–Trinajstić information content (AvgIpc) is 2.63. The van der Waals surface area contributed by atoms with Gasteiger partial charge in [0.25, 0.3) is 0 Å². The van der Waals surface area contributed by atoms with Crippen molar-refractivity contribution in [3.8, 4) is 0 Å². The van der Waals surface area contributed by atoms with Crippen LogP contribution in [0.15, 0.2) is 61.2 Å². The molecule has 6 heteroatoms. The number of fused-ring (bicyclic) bond motifs is 1. The largest absolute Gasteiger partial charge is 0.416 e. The van der Waals surface area contributed by atoms with Gasteiger partial charge in [-0.2, -0.15) is 13.2 Å². The lowest BCUT2D eigenvalue weighted by Gasteiger charge is -2.36. The zero-order valence-corrected chi connectivity index (χ0v) is 14.1. The lowest BCUT2D eigenvalue weighted by molar-refractivity contribution is -0.137. The first-order valence-corrected chi connectivity index (χ1v) is 8.31.